The van der Waals surface area contributed by atoms with Crippen LogP contribution in [0.15, 0.2) is 0 Å². The first-order valence-electron chi connectivity index (χ1n) is 4.77. The van der Waals surface area contributed by atoms with E-state index < -0.39 is 0 Å². The van der Waals surface area contributed by atoms with Crippen LogP contribution in [0.3, 0.4) is 0 Å². The van der Waals surface area contributed by atoms with Crippen molar-refractivity contribution in [1.82, 2.24) is 4.90 Å². The fourth-order valence-corrected chi connectivity index (χ4v) is 1.90. The smallest absolute Gasteiger partial charge is 0.221 e. The third-order valence-electron chi connectivity index (χ3n) is 2.89. The Hall–Kier alpha value is -0.570. The lowest BCUT2D eigenvalue weighted by Gasteiger charge is -2.13. The second kappa shape index (κ2) is 3.05. The summed E-state index contributed by atoms with van der Waals surface area (Å²) >= 11 is 0. The number of rotatable bonds is 3. The van der Waals surface area contributed by atoms with Gasteiger partial charge >= 0.3 is 0 Å². The SMILES string of the molecule is NC(=O)[C@@H]1CCN(CC2CC2)C1. The van der Waals surface area contributed by atoms with Gasteiger partial charge in [-0.2, -0.15) is 0 Å². The average Bonchev–Trinajstić information content (AvgIpc) is 2.66. The molecule has 2 fully saturated rings. The van der Waals surface area contributed by atoms with Crippen molar-refractivity contribution in [2.75, 3.05) is 19.6 Å². The molecule has 12 heavy (non-hydrogen) atoms. The Balaban J connectivity index is 1.76. The second-order valence-corrected chi connectivity index (χ2v) is 4.09. The van der Waals surface area contributed by atoms with Crippen LogP contribution in [0.25, 0.3) is 0 Å². The summed E-state index contributed by atoms with van der Waals surface area (Å²) in [4.78, 5) is 13.2. The highest BCUT2D eigenvalue weighted by Gasteiger charge is 2.30. The van der Waals surface area contributed by atoms with Crippen LogP contribution in [0.1, 0.15) is 19.3 Å². The van der Waals surface area contributed by atoms with Crippen LogP contribution in [0.4, 0.5) is 0 Å². The van der Waals surface area contributed by atoms with Crippen molar-refractivity contribution < 1.29 is 4.79 Å². The molecule has 2 rings (SSSR count). The van der Waals surface area contributed by atoms with E-state index in [-0.39, 0.29) is 11.8 Å². The number of likely N-dealkylation sites (tertiary alicyclic amines) is 1. The lowest BCUT2D eigenvalue weighted by molar-refractivity contribution is -0.121. The number of hydrogen-bond donors (Lipinski definition) is 1. The van der Waals surface area contributed by atoms with Crippen LogP contribution in [-0.2, 0) is 4.79 Å². The molecule has 1 saturated heterocycles. The molecule has 0 radical (unpaired) electrons. The van der Waals surface area contributed by atoms with E-state index in [9.17, 15) is 4.79 Å². The van der Waals surface area contributed by atoms with Gasteiger partial charge in [0.2, 0.25) is 5.91 Å². The molecule has 2 aliphatic rings. The highest BCUT2D eigenvalue weighted by Crippen LogP contribution is 2.31. The standard InChI is InChI=1S/C9H16N2O/c10-9(12)8-3-4-11(6-8)5-7-1-2-7/h7-8H,1-6H2,(H2,10,12)/t8-/m1/s1. The van der Waals surface area contributed by atoms with Crippen LogP contribution in [0, 0.1) is 11.8 Å². The topological polar surface area (TPSA) is 46.3 Å². The normalized spacial score (nSPS) is 30.8. The van der Waals surface area contributed by atoms with Gasteiger partial charge in [0.1, 0.15) is 0 Å². The predicted octanol–water partition coefficient (Wildman–Crippen LogP) is 0.204. The van der Waals surface area contributed by atoms with Crippen LogP contribution in [-0.4, -0.2) is 30.4 Å². The van der Waals surface area contributed by atoms with E-state index in [4.69, 9.17) is 5.73 Å². The van der Waals surface area contributed by atoms with Crippen molar-refractivity contribution in [1.29, 1.82) is 0 Å². The van der Waals surface area contributed by atoms with E-state index in [0.717, 1.165) is 25.4 Å². The van der Waals surface area contributed by atoms with Crippen molar-refractivity contribution >= 4 is 5.91 Å². The molecule has 1 saturated carbocycles. The van der Waals surface area contributed by atoms with Gasteiger partial charge in [-0.05, 0) is 31.7 Å². The minimum atomic E-state index is -0.117. The van der Waals surface area contributed by atoms with E-state index in [1.54, 1.807) is 0 Å². The highest BCUT2D eigenvalue weighted by molar-refractivity contribution is 5.77. The Morgan fingerprint density at radius 2 is 2.17 bits per heavy atom. The molecule has 1 atom stereocenters. The zero-order valence-electron chi connectivity index (χ0n) is 7.33. The van der Waals surface area contributed by atoms with Crippen LogP contribution < -0.4 is 5.73 Å². The summed E-state index contributed by atoms with van der Waals surface area (Å²) in [7, 11) is 0. The Morgan fingerprint density at radius 3 is 2.67 bits per heavy atom. The summed E-state index contributed by atoms with van der Waals surface area (Å²) < 4.78 is 0. The average molecular weight is 168 g/mol. The first-order chi connectivity index (χ1) is 5.75. The number of primary amides is 1. The van der Waals surface area contributed by atoms with E-state index in [1.807, 2.05) is 0 Å². The minimum absolute atomic E-state index is 0.117. The molecule has 0 aromatic carbocycles. The molecule has 2 N–H and O–H groups in total. The quantitative estimate of drug-likeness (QED) is 0.654. The number of hydrogen-bond acceptors (Lipinski definition) is 2. The van der Waals surface area contributed by atoms with Crippen molar-refractivity contribution in [2.45, 2.75) is 19.3 Å². The Labute approximate surface area is 72.9 Å². The minimum Gasteiger partial charge on any atom is -0.369 e. The van der Waals surface area contributed by atoms with Gasteiger partial charge < -0.3 is 10.6 Å². The predicted molar refractivity (Wildman–Crippen MR) is 46.5 cm³/mol. The number of carbonyl (C=O) groups excluding carboxylic acids is 1. The molecular formula is C9H16N2O. The summed E-state index contributed by atoms with van der Waals surface area (Å²) in [5.41, 5.74) is 5.24. The molecule has 0 unspecified atom stereocenters. The molecule has 0 aromatic rings. The molecule has 1 aliphatic carbocycles. The molecule has 0 spiro atoms. The molecule has 0 aromatic heterocycles. The van der Waals surface area contributed by atoms with Crippen molar-refractivity contribution in [3.05, 3.63) is 0 Å². The van der Waals surface area contributed by atoms with Crippen molar-refractivity contribution in [2.24, 2.45) is 17.6 Å². The lowest BCUT2D eigenvalue weighted by Crippen LogP contribution is -2.28. The zero-order chi connectivity index (χ0) is 8.55. The van der Waals surface area contributed by atoms with Gasteiger partial charge in [-0.1, -0.05) is 0 Å². The molecule has 0 bridgehead atoms. The second-order valence-electron chi connectivity index (χ2n) is 4.09. The third-order valence-corrected chi connectivity index (χ3v) is 2.89. The van der Waals surface area contributed by atoms with Gasteiger partial charge in [0.25, 0.3) is 0 Å². The largest absolute Gasteiger partial charge is 0.369 e. The Bertz CT molecular complexity index is 189. The number of carbonyl (C=O) groups is 1. The third kappa shape index (κ3) is 1.78. The number of amides is 1. The monoisotopic (exact) mass is 168 g/mol. The van der Waals surface area contributed by atoms with E-state index in [1.165, 1.54) is 19.4 Å². The maximum Gasteiger partial charge on any atom is 0.221 e. The summed E-state index contributed by atoms with van der Waals surface area (Å²) in [5.74, 6) is 0.939. The van der Waals surface area contributed by atoms with Crippen molar-refractivity contribution in [3.63, 3.8) is 0 Å². The molecule has 1 aliphatic heterocycles. The fourth-order valence-electron chi connectivity index (χ4n) is 1.90. The molecule has 3 nitrogen and oxygen atoms in total. The first-order valence-corrected chi connectivity index (χ1v) is 4.77. The first kappa shape index (κ1) is 8.05. The van der Waals surface area contributed by atoms with Gasteiger partial charge in [0.15, 0.2) is 0 Å². The van der Waals surface area contributed by atoms with Gasteiger partial charge in [-0.3, -0.25) is 4.79 Å². The van der Waals surface area contributed by atoms with Crippen LogP contribution in [0.5, 0.6) is 0 Å². The number of nitrogens with zero attached hydrogens (tertiary/aromatic N) is 1. The van der Waals surface area contributed by atoms with Crippen LogP contribution in [0.2, 0.25) is 0 Å². The van der Waals surface area contributed by atoms with Gasteiger partial charge in [0.05, 0.1) is 5.92 Å². The van der Waals surface area contributed by atoms with Crippen LogP contribution >= 0.6 is 0 Å². The summed E-state index contributed by atoms with van der Waals surface area (Å²) in [6.45, 7) is 3.18. The Kier molecular flexibility index (Phi) is 2.05. The molecule has 3 heteroatoms. The number of nitrogens with two attached hydrogens (primary N) is 1. The fraction of sp³-hybridized carbons (Fsp3) is 0.889. The molecule has 1 heterocycles. The summed E-state index contributed by atoms with van der Waals surface area (Å²) in [6.07, 6.45) is 3.75. The molecule has 1 amide bonds. The van der Waals surface area contributed by atoms with Crippen molar-refractivity contribution in [3.8, 4) is 0 Å². The van der Waals surface area contributed by atoms with E-state index >= 15 is 0 Å². The summed E-state index contributed by atoms with van der Waals surface area (Å²) in [6, 6.07) is 0. The van der Waals surface area contributed by atoms with Gasteiger partial charge in [0, 0.05) is 13.1 Å². The maximum atomic E-state index is 10.8. The van der Waals surface area contributed by atoms with Gasteiger partial charge in [-0.15, -0.1) is 0 Å². The Morgan fingerprint density at radius 1 is 1.42 bits per heavy atom. The lowest BCUT2D eigenvalue weighted by atomic mass is 10.1. The summed E-state index contributed by atoms with van der Waals surface area (Å²) in [5, 5.41) is 0. The highest BCUT2D eigenvalue weighted by atomic mass is 16.1. The molecule has 68 valence electrons. The maximum absolute atomic E-state index is 10.8. The van der Waals surface area contributed by atoms with E-state index in [0.29, 0.717) is 0 Å². The zero-order valence-corrected chi connectivity index (χ0v) is 7.33. The molecular weight excluding hydrogens is 152 g/mol. The van der Waals surface area contributed by atoms with Gasteiger partial charge in [-0.25, -0.2) is 0 Å². The van der Waals surface area contributed by atoms with E-state index in [2.05, 4.69) is 4.90 Å².